The number of halogens is 1. The number of carbonyl (C=O) groups is 1. The molecule has 0 aliphatic rings. The lowest BCUT2D eigenvalue weighted by molar-refractivity contribution is -0.118. The van der Waals surface area contributed by atoms with E-state index >= 15 is 0 Å². The molecule has 6 heteroatoms. The topological polar surface area (TPSA) is 59.2 Å². The van der Waals surface area contributed by atoms with E-state index in [4.69, 9.17) is 16.1 Å². The van der Waals surface area contributed by atoms with Gasteiger partial charge in [-0.05, 0) is 68.7 Å². The number of anilines is 1. The SMILES string of the molecule is CCN(C(=O)CCCc1nc(-c2ccc(Cl)cc2)no1)c1cc(C)ccc1C. The molecule has 1 amide bonds. The van der Waals surface area contributed by atoms with Gasteiger partial charge in [0.2, 0.25) is 17.6 Å². The van der Waals surface area contributed by atoms with Crippen LogP contribution in [0.3, 0.4) is 0 Å². The van der Waals surface area contributed by atoms with E-state index in [1.807, 2.05) is 37.8 Å². The molecule has 0 unspecified atom stereocenters. The van der Waals surface area contributed by atoms with Gasteiger partial charge in [0, 0.05) is 35.7 Å². The van der Waals surface area contributed by atoms with Crippen molar-refractivity contribution >= 4 is 23.2 Å². The Labute approximate surface area is 170 Å². The minimum atomic E-state index is 0.105. The van der Waals surface area contributed by atoms with Crippen LogP contribution >= 0.6 is 11.6 Å². The standard InChI is InChI=1S/C22H24ClN3O2/c1-4-26(19-14-15(2)8-9-16(19)3)21(27)7-5-6-20-24-22(25-28-20)17-10-12-18(23)13-11-17/h8-14H,4-7H2,1-3H3. The smallest absolute Gasteiger partial charge is 0.226 e. The van der Waals surface area contributed by atoms with Gasteiger partial charge in [0.1, 0.15) is 0 Å². The zero-order chi connectivity index (χ0) is 20.1. The molecular formula is C22H24ClN3O2. The molecule has 3 aromatic rings. The van der Waals surface area contributed by atoms with Crippen molar-refractivity contribution in [2.75, 3.05) is 11.4 Å². The average Bonchev–Trinajstić information content (AvgIpc) is 3.14. The number of benzene rings is 2. The number of hydrogen-bond donors (Lipinski definition) is 0. The van der Waals surface area contributed by atoms with E-state index in [0.29, 0.717) is 42.5 Å². The van der Waals surface area contributed by atoms with Crippen molar-refractivity contribution in [1.29, 1.82) is 0 Å². The number of hydrogen-bond acceptors (Lipinski definition) is 4. The molecule has 0 saturated heterocycles. The molecule has 5 nitrogen and oxygen atoms in total. The maximum atomic E-state index is 12.7. The Morgan fingerprint density at radius 3 is 2.61 bits per heavy atom. The predicted molar refractivity (Wildman–Crippen MR) is 112 cm³/mol. The molecule has 2 aromatic carbocycles. The molecule has 0 fully saturated rings. The van der Waals surface area contributed by atoms with Crippen LogP contribution in [0.25, 0.3) is 11.4 Å². The van der Waals surface area contributed by atoms with E-state index in [-0.39, 0.29) is 5.91 Å². The molecule has 3 rings (SSSR count). The third-order valence-corrected chi connectivity index (χ3v) is 4.88. The number of aryl methyl sites for hydroxylation is 3. The van der Waals surface area contributed by atoms with Gasteiger partial charge < -0.3 is 9.42 Å². The Morgan fingerprint density at radius 1 is 1.14 bits per heavy atom. The zero-order valence-electron chi connectivity index (χ0n) is 16.4. The molecule has 0 atom stereocenters. The molecule has 0 aliphatic heterocycles. The summed E-state index contributed by atoms with van der Waals surface area (Å²) < 4.78 is 5.32. The van der Waals surface area contributed by atoms with Gasteiger partial charge in [-0.3, -0.25) is 4.79 Å². The third kappa shape index (κ3) is 4.78. The van der Waals surface area contributed by atoms with E-state index in [9.17, 15) is 4.79 Å². The number of carbonyl (C=O) groups excluding carboxylic acids is 1. The van der Waals surface area contributed by atoms with Gasteiger partial charge in [0.25, 0.3) is 0 Å². The van der Waals surface area contributed by atoms with E-state index in [1.165, 1.54) is 0 Å². The minimum Gasteiger partial charge on any atom is -0.339 e. The number of aromatic nitrogens is 2. The molecule has 0 saturated carbocycles. The fourth-order valence-electron chi connectivity index (χ4n) is 3.09. The maximum absolute atomic E-state index is 12.7. The van der Waals surface area contributed by atoms with Crippen molar-refractivity contribution in [1.82, 2.24) is 10.1 Å². The van der Waals surface area contributed by atoms with Crippen molar-refractivity contribution in [2.24, 2.45) is 0 Å². The summed E-state index contributed by atoms with van der Waals surface area (Å²) in [5.74, 6) is 1.17. The molecule has 0 radical (unpaired) electrons. The largest absolute Gasteiger partial charge is 0.339 e. The van der Waals surface area contributed by atoms with Crippen molar-refractivity contribution in [2.45, 2.75) is 40.0 Å². The Kier molecular flexibility index (Phi) is 6.47. The summed E-state index contributed by atoms with van der Waals surface area (Å²) in [5, 5.41) is 4.67. The lowest BCUT2D eigenvalue weighted by Crippen LogP contribution is -2.31. The van der Waals surface area contributed by atoms with Gasteiger partial charge in [0.05, 0.1) is 0 Å². The second-order valence-electron chi connectivity index (χ2n) is 6.80. The van der Waals surface area contributed by atoms with Gasteiger partial charge in [-0.15, -0.1) is 0 Å². The molecule has 146 valence electrons. The lowest BCUT2D eigenvalue weighted by atomic mass is 10.1. The lowest BCUT2D eigenvalue weighted by Gasteiger charge is -2.23. The van der Waals surface area contributed by atoms with Crippen molar-refractivity contribution in [3.05, 3.63) is 64.5 Å². The molecule has 1 aromatic heterocycles. The predicted octanol–water partition coefficient (Wildman–Crippen LogP) is 5.38. The fraction of sp³-hybridized carbons (Fsp3) is 0.318. The highest BCUT2D eigenvalue weighted by Gasteiger charge is 2.16. The van der Waals surface area contributed by atoms with E-state index in [2.05, 4.69) is 28.3 Å². The molecule has 0 bridgehead atoms. The van der Waals surface area contributed by atoms with Crippen molar-refractivity contribution < 1.29 is 9.32 Å². The highest BCUT2D eigenvalue weighted by atomic mass is 35.5. The zero-order valence-corrected chi connectivity index (χ0v) is 17.2. The first-order chi connectivity index (χ1) is 13.5. The van der Waals surface area contributed by atoms with Crippen LogP contribution in [0.2, 0.25) is 5.02 Å². The Morgan fingerprint density at radius 2 is 1.89 bits per heavy atom. The Balaban J connectivity index is 1.59. The van der Waals surface area contributed by atoms with Crippen LogP contribution < -0.4 is 4.90 Å². The first-order valence-electron chi connectivity index (χ1n) is 9.44. The second-order valence-corrected chi connectivity index (χ2v) is 7.24. The van der Waals surface area contributed by atoms with Crippen LogP contribution in [0.4, 0.5) is 5.69 Å². The summed E-state index contributed by atoms with van der Waals surface area (Å²) in [6.07, 6.45) is 1.65. The number of rotatable bonds is 7. The maximum Gasteiger partial charge on any atom is 0.226 e. The van der Waals surface area contributed by atoms with Crippen molar-refractivity contribution in [3.63, 3.8) is 0 Å². The summed E-state index contributed by atoms with van der Waals surface area (Å²) in [4.78, 5) is 19.0. The molecule has 0 spiro atoms. The monoisotopic (exact) mass is 397 g/mol. The first-order valence-corrected chi connectivity index (χ1v) is 9.82. The Hall–Kier alpha value is -2.66. The normalized spacial score (nSPS) is 10.9. The highest BCUT2D eigenvalue weighted by Crippen LogP contribution is 2.23. The second kappa shape index (κ2) is 9.02. The minimum absolute atomic E-state index is 0.105. The van der Waals surface area contributed by atoms with Crippen LogP contribution in [-0.4, -0.2) is 22.6 Å². The van der Waals surface area contributed by atoms with E-state index in [1.54, 1.807) is 12.1 Å². The van der Waals surface area contributed by atoms with Gasteiger partial charge >= 0.3 is 0 Å². The van der Waals surface area contributed by atoms with Crippen LogP contribution in [0.5, 0.6) is 0 Å². The summed E-state index contributed by atoms with van der Waals surface area (Å²) in [6, 6.07) is 13.5. The van der Waals surface area contributed by atoms with Gasteiger partial charge in [-0.1, -0.05) is 28.9 Å². The molecule has 1 heterocycles. The summed E-state index contributed by atoms with van der Waals surface area (Å²) in [6.45, 7) is 6.71. The van der Waals surface area contributed by atoms with E-state index < -0.39 is 0 Å². The molecular weight excluding hydrogens is 374 g/mol. The van der Waals surface area contributed by atoms with Gasteiger partial charge in [-0.2, -0.15) is 4.98 Å². The number of nitrogens with zero attached hydrogens (tertiary/aromatic N) is 3. The Bertz CT molecular complexity index is 951. The molecule has 28 heavy (non-hydrogen) atoms. The van der Waals surface area contributed by atoms with Crippen molar-refractivity contribution in [3.8, 4) is 11.4 Å². The first kappa shape index (κ1) is 20.1. The summed E-state index contributed by atoms with van der Waals surface area (Å²) in [5.41, 5.74) is 4.08. The van der Waals surface area contributed by atoms with Gasteiger partial charge in [-0.25, -0.2) is 0 Å². The van der Waals surface area contributed by atoms with Crippen LogP contribution in [-0.2, 0) is 11.2 Å². The van der Waals surface area contributed by atoms with E-state index in [0.717, 1.165) is 22.4 Å². The van der Waals surface area contributed by atoms with Crippen LogP contribution in [0.15, 0.2) is 47.0 Å². The fourth-order valence-corrected chi connectivity index (χ4v) is 3.22. The number of amides is 1. The van der Waals surface area contributed by atoms with Crippen LogP contribution in [0, 0.1) is 13.8 Å². The van der Waals surface area contributed by atoms with Crippen LogP contribution in [0.1, 0.15) is 36.8 Å². The third-order valence-electron chi connectivity index (χ3n) is 4.62. The van der Waals surface area contributed by atoms with Gasteiger partial charge in [0.15, 0.2) is 0 Å². The quantitative estimate of drug-likeness (QED) is 0.536. The average molecular weight is 398 g/mol. The molecule has 0 N–H and O–H groups in total. The summed E-state index contributed by atoms with van der Waals surface area (Å²) >= 11 is 5.90. The summed E-state index contributed by atoms with van der Waals surface area (Å²) in [7, 11) is 0. The highest BCUT2D eigenvalue weighted by molar-refractivity contribution is 6.30. The molecule has 0 aliphatic carbocycles.